The zero-order valence-corrected chi connectivity index (χ0v) is 14.7. The molecule has 0 bridgehead atoms. The van der Waals surface area contributed by atoms with Crippen LogP contribution in [-0.2, 0) is 20.9 Å². The van der Waals surface area contributed by atoms with Crippen molar-refractivity contribution in [3.63, 3.8) is 0 Å². The standard InChI is InChI=1S/C17H19N3O4S/c1-12(21)18-17-19-14(11-25-17)10-24-16(22)13-2-4-15(5-3-13)20-6-8-23-9-7-20/h2-5,11H,6-10H2,1H3,(H,18,19,21). The fraction of sp³-hybridized carbons (Fsp3) is 0.353. The van der Waals surface area contributed by atoms with Crippen molar-refractivity contribution >= 4 is 34.0 Å². The van der Waals surface area contributed by atoms with Gasteiger partial charge < -0.3 is 19.7 Å². The van der Waals surface area contributed by atoms with E-state index in [1.165, 1.54) is 18.3 Å². The van der Waals surface area contributed by atoms with Gasteiger partial charge in [0.15, 0.2) is 5.13 Å². The number of morpholine rings is 1. The van der Waals surface area contributed by atoms with Crippen molar-refractivity contribution in [3.8, 4) is 0 Å². The Hall–Kier alpha value is -2.45. The number of hydrogen-bond acceptors (Lipinski definition) is 7. The normalized spacial score (nSPS) is 14.2. The highest BCUT2D eigenvalue weighted by Crippen LogP contribution is 2.19. The number of benzene rings is 1. The van der Waals surface area contributed by atoms with Gasteiger partial charge in [-0.15, -0.1) is 11.3 Å². The Morgan fingerprint density at radius 2 is 2.00 bits per heavy atom. The third-order valence-electron chi connectivity index (χ3n) is 3.67. The van der Waals surface area contributed by atoms with Crippen LogP contribution >= 0.6 is 11.3 Å². The summed E-state index contributed by atoms with van der Waals surface area (Å²) in [6, 6.07) is 7.35. The van der Waals surface area contributed by atoms with Crippen LogP contribution in [0.2, 0.25) is 0 Å². The van der Waals surface area contributed by atoms with Crippen molar-refractivity contribution < 1.29 is 19.1 Å². The molecule has 1 saturated heterocycles. The minimum Gasteiger partial charge on any atom is -0.456 e. The fourth-order valence-electron chi connectivity index (χ4n) is 2.43. The lowest BCUT2D eigenvalue weighted by molar-refractivity contribution is -0.114. The molecule has 1 aliphatic rings. The number of ether oxygens (including phenoxy) is 2. The number of thiazole rings is 1. The summed E-state index contributed by atoms with van der Waals surface area (Å²) in [5.74, 6) is -0.583. The number of nitrogens with one attached hydrogen (secondary N) is 1. The van der Waals surface area contributed by atoms with E-state index in [0.717, 1.165) is 32.0 Å². The molecule has 0 radical (unpaired) electrons. The molecule has 2 aromatic rings. The monoisotopic (exact) mass is 361 g/mol. The van der Waals surface area contributed by atoms with E-state index >= 15 is 0 Å². The molecule has 1 aromatic heterocycles. The van der Waals surface area contributed by atoms with E-state index in [2.05, 4.69) is 15.2 Å². The van der Waals surface area contributed by atoms with Crippen molar-refractivity contribution in [3.05, 3.63) is 40.9 Å². The van der Waals surface area contributed by atoms with Gasteiger partial charge in [-0.05, 0) is 24.3 Å². The second-order valence-electron chi connectivity index (χ2n) is 5.55. The van der Waals surface area contributed by atoms with E-state index in [4.69, 9.17) is 9.47 Å². The Morgan fingerprint density at radius 1 is 1.28 bits per heavy atom. The zero-order chi connectivity index (χ0) is 17.6. The van der Waals surface area contributed by atoms with E-state index in [1.54, 1.807) is 17.5 Å². The van der Waals surface area contributed by atoms with Crippen LogP contribution in [0.25, 0.3) is 0 Å². The number of esters is 1. The highest BCUT2D eigenvalue weighted by atomic mass is 32.1. The van der Waals surface area contributed by atoms with Gasteiger partial charge in [0.25, 0.3) is 0 Å². The largest absolute Gasteiger partial charge is 0.456 e. The van der Waals surface area contributed by atoms with Gasteiger partial charge in [0.1, 0.15) is 6.61 Å². The van der Waals surface area contributed by atoms with Crippen LogP contribution in [0, 0.1) is 0 Å². The molecule has 1 fully saturated rings. The number of carbonyl (C=O) groups excluding carboxylic acids is 2. The molecule has 0 aliphatic carbocycles. The second-order valence-corrected chi connectivity index (χ2v) is 6.41. The molecular formula is C17H19N3O4S. The van der Waals surface area contributed by atoms with Gasteiger partial charge in [0, 0.05) is 31.1 Å². The van der Waals surface area contributed by atoms with Crippen molar-refractivity contribution in [1.29, 1.82) is 0 Å². The van der Waals surface area contributed by atoms with E-state index in [-0.39, 0.29) is 12.5 Å². The second kappa shape index (κ2) is 8.09. The van der Waals surface area contributed by atoms with E-state index < -0.39 is 5.97 Å². The summed E-state index contributed by atoms with van der Waals surface area (Å²) < 4.78 is 10.6. The van der Waals surface area contributed by atoms with E-state index in [1.807, 2.05) is 12.1 Å². The summed E-state index contributed by atoms with van der Waals surface area (Å²) >= 11 is 1.29. The lowest BCUT2D eigenvalue weighted by Gasteiger charge is -2.28. The Balaban J connectivity index is 1.54. The molecule has 0 atom stereocenters. The molecule has 3 rings (SSSR count). The molecule has 1 amide bonds. The van der Waals surface area contributed by atoms with Gasteiger partial charge in [-0.25, -0.2) is 9.78 Å². The van der Waals surface area contributed by atoms with Gasteiger partial charge in [-0.3, -0.25) is 4.79 Å². The SMILES string of the molecule is CC(=O)Nc1nc(COC(=O)c2ccc(N3CCOCC3)cc2)cs1. The van der Waals surface area contributed by atoms with Crippen molar-refractivity contribution in [1.82, 2.24) is 4.98 Å². The molecule has 1 aliphatic heterocycles. The number of hydrogen-bond donors (Lipinski definition) is 1. The number of amides is 1. The predicted octanol–water partition coefficient (Wildman–Crippen LogP) is 2.30. The highest BCUT2D eigenvalue weighted by molar-refractivity contribution is 7.13. The maximum Gasteiger partial charge on any atom is 0.338 e. The molecule has 0 unspecified atom stereocenters. The number of carbonyl (C=O) groups is 2. The molecule has 25 heavy (non-hydrogen) atoms. The molecule has 132 valence electrons. The quantitative estimate of drug-likeness (QED) is 0.823. The molecular weight excluding hydrogens is 342 g/mol. The first kappa shape index (κ1) is 17.4. The lowest BCUT2D eigenvalue weighted by atomic mass is 10.2. The van der Waals surface area contributed by atoms with Gasteiger partial charge in [0.2, 0.25) is 5.91 Å². The summed E-state index contributed by atoms with van der Waals surface area (Å²) in [6.45, 7) is 4.63. The molecule has 1 aromatic carbocycles. The average molecular weight is 361 g/mol. The van der Waals surface area contributed by atoms with Crippen molar-refractivity contribution in [2.24, 2.45) is 0 Å². The van der Waals surface area contributed by atoms with Gasteiger partial charge in [0.05, 0.1) is 24.5 Å². The number of anilines is 2. The lowest BCUT2D eigenvalue weighted by Crippen LogP contribution is -2.36. The van der Waals surface area contributed by atoms with E-state index in [9.17, 15) is 9.59 Å². The van der Waals surface area contributed by atoms with Crippen LogP contribution in [0.3, 0.4) is 0 Å². The maximum absolute atomic E-state index is 12.1. The summed E-state index contributed by atoms with van der Waals surface area (Å²) in [4.78, 5) is 29.5. The highest BCUT2D eigenvalue weighted by Gasteiger charge is 2.13. The zero-order valence-electron chi connectivity index (χ0n) is 13.9. The van der Waals surface area contributed by atoms with Crippen molar-refractivity contribution in [2.75, 3.05) is 36.5 Å². The summed E-state index contributed by atoms with van der Waals surface area (Å²) in [5.41, 5.74) is 2.17. The molecule has 1 N–H and O–H groups in total. The smallest absolute Gasteiger partial charge is 0.338 e. The molecule has 8 heteroatoms. The molecule has 2 heterocycles. The summed E-state index contributed by atoms with van der Waals surface area (Å²) in [5, 5.41) is 4.84. The Bertz CT molecular complexity index is 739. The van der Waals surface area contributed by atoms with Crippen molar-refractivity contribution in [2.45, 2.75) is 13.5 Å². The Labute approximate surface area is 149 Å². The van der Waals surface area contributed by atoms with Gasteiger partial charge >= 0.3 is 5.97 Å². The minimum absolute atomic E-state index is 0.0696. The summed E-state index contributed by atoms with van der Waals surface area (Å²) in [7, 11) is 0. The molecule has 0 spiro atoms. The summed E-state index contributed by atoms with van der Waals surface area (Å²) in [6.07, 6.45) is 0. The first-order valence-corrected chi connectivity index (χ1v) is 8.81. The fourth-order valence-corrected chi connectivity index (χ4v) is 3.17. The minimum atomic E-state index is -0.400. The number of nitrogens with zero attached hydrogens (tertiary/aromatic N) is 2. The van der Waals surface area contributed by atoms with Crippen LogP contribution < -0.4 is 10.2 Å². The Kier molecular flexibility index (Phi) is 5.62. The average Bonchev–Trinajstić information content (AvgIpc) is 3.07. The molecule has 0 saturated carbocycles. The van der Waals surface area contributed by atoms with Crippen LogP contribution in [0.5, 0.6) is 0 Å². The van der Waals surface area contributed by atoms with E-state index in [0.29, 0.717) is 16.4 Å². The van der Waals surface area contributed by atoms with Crippen LogP contribution in [0.1, 0.15) is 23.0 Å². The first-order chi connectivity index (χ1) is 12.1. The van der Waals surface area contributed by atoms with Crippen LogP contribution in [0.15, 0.2) is 29.6 Å². The maximum atomic E-state index is 12.1. The van der Waals surface area contributed by atoms with Crippen LogP contribution in [0.4, 0.5) is 10.8 Å². The number of rotatable bonds is 5. The van der Waals surface area contributed by atoms with Gasteiger partial charge in [-0.2, -0.15) is 0 Å². The number of aromatic nitrogens is 1. The Morgan fingerprint density at radius 3 is 2.68 bits per heavy atom. The predicted molar refractivity (Wildman–Crippen MR) is 95.0 cm³/mol. The third-order valence-corrected chi connectivity index (χ3v) is 4.47. The van der Waals surface area contributed by atoms with Gasteiger partial charge in [-0.1, -0.05) is 0 Å². The van der Waals surface area contributed by atoms with Crippen LogP contribution in [-0.4, -0.2) is 43.2 Å². The topological polar surface area (TPSA) is 80.8 Å². The third kappa shape index (κ3) is 4.77. The first-order valence-electron chi connectivity index (χ1n) is 7.94. The molecule has 7 nitrogen and oxygen atoms in total.